The summed E-state index contributed by atoms with van der Waals surface area (Å²) in [5, 5.41) is 4.70. The lowest BCUT2D eigenvalue weighted by Crippen LogP contribution is -2.30. The Kier molecular flexibility index (Phi) is 4.84. The molecule has 0 aliphatic rings. The van der Waals surface area contributed by atoms with Crippen molar-refractivity contribution in [3.8, 4) is 0 Å². The van der Waals surface area contributed by atoms with Crippen molar-refractivity contribution in [2.75, 3.05) is 7.11 Å². The highest BCUT2D eigenvalue weighted by Crippen LogP contribution is 2.22. The number of carbonyl (C=O) groups excluding carboxylic acids is 2. The lowest BCUT2D eigenvalue weighted by atomic mass is 10.1. The number of methoxy groups -OCH3 is 1. The summed E-state index contributed by atoms with van der Waals surface area (Å²) in [4.78, 5) is 28.4. The van der Waals surface area contributed by atoms with Crippen molar-refractivity contribution in [1.82, 2.24) is 10.3 Å². The molecule has 2 aromatic rings. The van der Waals surface area contributed by atoms with Gasteiger partial charge in [0, 0.05) is 11.1 Å². The molecule has 5 nitrogen and oxygen atoms in total. The molecule has 1 unspecified atom stereocenters. The van der Waals surface area contributed by atoms with Crippen LogP contribution in [0.15, 0.2) is 41.9 Å². The molecule has 0 saturated carbocycles. The molecule has 0 bridgehead atoms. The number of thiophene rings is 1. The topological polar surface area (TPSA) is 68.3 Å². The standard InChI is InChI=1S/C14H14N2O3S/c1-19-13(17)9-11(12-6-4-8-20-12)16-14(18)10-5-2-3-7-15-10/h2-8,11H,9H2,1H3,(H,16,18). The molecule has 0 aliphatic heterocycles. The van der Waals surface area contributed by atoms with E-state index < -0.39 is 6.04 Å². The van der Waals surface area contributed by atoms with Gasteiger partial charge in [0.05, 0.1) is 19.6 Å². The number of hydrogen-bond donors (Lipinski definition) is 1. The van der Waals surface area contributed by atoms with Crippen LogP contribution in [0.25, 0.3) is 0 Å². The van der Waals surface area contributed by atoms with Gasteiger partial charge in [-0.2, -0.15) is 0 Å². The van der Waals surface area contributed by atoms with E-state index in [-0.39, 0.29) is 18.3 Å². The molecule has 0 saturated heterocycles. The Hall–Kier alpha value is -2.21. The normalized spacial score (nSPS) is 11.7. The number of aromatic nitrogens is 1. The van der Waals surface area contributed by atoms with E-state index in [9.17, 15) is 9.59 Å². The van der Waals surface area contributed by atoms with Crippen molar-refractivity contribution >= 4 is 23.2 Å². The highest BCUT2D eigenvalue weighted by molar-refractivity contribution is 7.10. The lowest BCUT2D eigenvalue weighted by Gasteiger charge is -2.16. The van der Waals surface area contributed by atoms with Gasteiger partial charge in [-0.25, -0.2) is 0 Å². The van der Waals surface area contributed by atoms with Gasteiger partial charge in [0.2, 0.25) is 0 Å². The zero-order valence-electron chi connectivity index (χ0n) is 10.9. The minimum absolute atomic E-state index is 0.0928. The summed E-state index contributed by atoms with van der Waals surface area (Å²) >= 11 is 1.48. The van der Waals surface area contributed by atoms with E-state index in [1.54, 1.807) is 24.4 Å². The molecule has 1 amide bonds. The first-order chi connectivity index (χ1) is 9.70. The van der Waals surface area contributed by atoms with Gasteiger partial charge in [-0.15, -0.1) is 11.3 Å². The van der Waals surface area contributed by atoms with Crippen LogP contribution in [0.5, 0.6) is 0 Å². The number of amides is 1. The van der Waals surface area contributed by atoms with Crippen LogP contribution in [-0.4, -0.2) is 24.0 Å². The maximum absolute atomic E-state index is 12.1. The fourth-order valence-electron chi connectivity index (χ4n) is 1.69. The highest BCUT2D eigenvalue weighted by atomic mass is 32.1. The van der Waals surface area contributed by atoms with Gasteiger partial charge in [0.25, 0.3) is 5.91 Å². The molecule has 0 aliphatic carbocycles. The maximum Gasteiger partial charge on any atom is 0.307 e. The molecule has 2 heterocycles. The summed E-state index contributed by atoms with van der Waals surface area (Å²) in [6.45, 7) is 0. The molecule has 0 radical (unpaired) electrons. The summed E-state index contributed by atoms with van der Waals surface area (Å²) < 4.78 is 4.66. The second-order valence-corrected chi connectivity index (χ2v) is 5.02. The van der Waals surface area contributed by atoms with E-state index in [4.69, 9.17) is 0 Å². The summed E-state index contributed by atoms with van der Waals surface area (Å²) in [6.07, 6.45) is 1.64. The van der Waals surface area contributed by atoms with Crippen molar-refractivity contribution in [3.63, 3.8) is 0 Å². The van der Waals surface area contributed by atoms with Crippen molar-refractivity contribution in [3.05, 3.63) is 52.5 Å². The second kappa shape index (κ2) is 6.81. The van der Waals surface area contributed by atoms with E-state index in [1.807, 2.05) is 17.5 Å². The lowest BCUT2D eigenvalue weighted by molar-refractivity contribution is -0.141. The molecule has 20 heavy (non-hydrogen) atoms. The SMILES string of the molecule is COC(=O)CC(NC(=O)c1ccccn1)c1cccs1. The molecule has 104 valence electrons. The fourth-order valence-corrected chi connectivity index (χ4v) is 2.47. The van der Waals surface area contributed by atoms with Crippen LogP contribution in [0.2, 0.25) is 0 Å². The van der Waals surface area contributed by atoms with Crippen LogP contribution in [-0.2, 0) is 9.53 Å². The van der Waals surface area contributed by atoms with Gasteiger partial charge in [0.1, 0.15) is 5.69 Å². The number of nitrogens with zero attached hydrogens (tertiary/aromatic N) is 1. The van der Waals surface area contributed by atoms with Crippen LogP contribution >= 0.6 is 11.3 Å². The molecule has 0 aromatic carbocycles. The van der Waals surface area contributed by atoms with Crippen LogP contribution in [0.4, 0.5) is 0 Å². The summed E-state index contributed by atoms with van der Waals surface area (Å²) in [7, 11) is 1.33. The highest BCUT2D eigenvalue weighted by Gasteiger charge is 2.20. The average molecular weight is 290 g/mol. The van der Waals surface area contributed by atoms with Gasteiger partial charge in [-0.1, -0.05) is 12.1 Å². The van der Waals surface area contributed by atoms with Crippen LogP contribution < -0.4 is 5.32 Å². The number of pyridine rings is 1. The van der Waals surface area contributed by atoms with E-state index in [0.29, 0.717) is 5.69 Å². The third-order valence-electron chi connectivity index (χ3n) is 2.69. The third kappa shape index (κ3) is 3.64. The molecule has 2 rings (SSSR count). The van der Waals surface area contributed by atoms with Crippen LogP contribution in [0, 0.1) is 0 Å². The first-order valence-corrected chi connectivity index (χ1v) is 6.91. The average Bonchev–Trinajstić information content (AvgIpc) is 3.01. The van der Waals surface area contributed by atoms with Gasteiger partial charge in [-0.05, 0) is 23.6 Å². The van der Waals surface area contributed by atoms with Crippen LogP contribution in [0.3, 0.4) is 0 Å². The first kappa shape index (κ1) is 14.2. The molecule has 0 spiro atoms. The summed E-state index contributed by atoms with van der Waals surface area (Å²) in [6, 6.07) is 8.44. The zero-order valence-corrected chi connectivity index (χ0v) is 11.7. The molecule has 1 atom stereocenters. The Morgan fingerprint density at radius 1 is 1.35 bits per heavy atom. The predicted octanol–water partition coefficient (Wildman–Crippen LogP) is 2.18. The number of nitrogens with one attached hydrogen (secondary N) is 1. The zero-order chi connectivity index (χ0) is 14.4. The molecule has 6 heteroatoms. The van der Waals surface area contributed by atoms with Gasteiger partial charge >= 0.3 is 5.97 Å². The quantitative estimate of drug-likeness (QED) is 0.857. The second-order valence-electron chi connectivity index (χ2n) is 4.04. The number of ether oxygens (including phenoxy) is 1. The Labute approximate surface area is 120 Å². The third-order valence-corrected chi connectivity index (χ3v) is 3.67. The molecule has 2 aromatic heterocycles. The number of carbonyl (C=O) groups is 2. The largest absolute Gasteiger partial charge is 0.469 e. The van der Waals surface area contributed by atoms with E-state index in [1.165, 1.54) is 18.4 Å². The number of esters is 1. The monoisotopic (exact) mass is 290 g/mol. The van der Waals surface area contributed by atoms with Crippen molar-refractivity contribution < 1.29 is 14.3 Å². The van der Waals surface area contributed by atoms with Crippen LogP contribution in [0.1, 0.15) is 27.8 Å². The molecular formula is C14H14N2O3S. The molecule has 0 fully saturated rings. The Morgan fingerprint density at radius 2 is 2.20 bits per heavy atom. The first-order valence-electron chi connectivity index (χ1n) is 6.03. The Morgan fingerprint density at radius 3 is 2.80 bits per heavy atom. The fraction of sp³-hybridized carbons (Fsp3) is 0.214. The van der Waals surface area contributed by atoms with Crippen molar-refractivity contribution in [1.29, 1.82) is 0 Å². The van der Waals surface area contributed by atoms with Crippen molar-refractivity contribution in [2.24, 2.45) is 0 Å². The van der Waals surface area contributed by atoms with E-state index >= 15 is 0 Å². The maximum atomic E-state index is 12.1. The Bertz CT molecular complexity index is 569. The summed E-state index contributed by atoms with van der Waals surface area (Å²) in [5.74, 6) is -0.683. The molecule has 1 N–H and O–H groups in total. The smallest absolute Gasteiger partial charge is 0.307 e. The van der Waals surface area contributed by atoms with Gasteiger partial charge < -0.3 is 10.1 Å². The number of hydrogen-bond acceptors (Lipinski definition) is 5. The summed E-state index contributed by atoms with van der Waals surface area (Å²) in [5.41, 5.74) is 0.318. The van der Waals surface area contributed by atoms with Gasteiger partial charge in [-0.3, -0.25) is 14.6 Å². The molecular weight excluding hydrogens is 276 g/mol. The Balaban J connectivity index is 2.12. The predicted molar refractivity (Wildman–Crippen MR) is 75.4 cm³/mol. The van der Waals surface area contributed by atoms with Gasteiger partial charge in [0.15, 0.2) is 0 Å². The van der Waals surface area contributed by atoms with E-state index in [0.717, 1.165) is 4.88 Å². The number of rotatable bonds is 5. The van der Waals surface area contributed by atoms with Crippen molar-refractivity contribution in [2.45, 2.75) is 12.5 Å². The van der Waals surface area contributed by atoms with E-state index in [2.05, 4.69) is 15.0 Å². The minimum Gasteiger partial charge on any atom is -0.469 e. The minimum atomic E-state index is -0.406.